The summed E-state index contributed by atoms with van der Waals surface area (Å²) in [5, 5.41) is 19.5. The predicted molar refractivity (Wildman–Crippen MR) is 84.6 cm³/mol. The second-order valence-electron chi connectivity index (χ2n) is 5.48. The number of hydrogen-bond acceptors (Lipinski definition) is 3. The standard InChI is InChI=1S/C18H12F3NO3/c19-18(20,21)16-15(23)13(12-3-1-2-4-14(12)22-16)9-10-5-7-11(8-6-10)17(24)25/h1-8,23H,9H2,(H,24,25). The highest BCUT2D eigenvalue weighted by Crippen LogP contribution is 2.39. The monoisotopic (exact) mass is 347 g/mol. The fraction of sp³-hybridized carbons (Fsp3) is 0.111. The fourth-order valence-corrected chi connectivity index (χ4v) is 2.62. The Hall–Kier alpha value is -3.09. The maximum atomic E-state index is 13.1. The molecule has 0 fully saturated rings. The molecule has 4 nitrogen and oxygen atoms in total. The van der Waals surface area contributed by atoms with Crippen molar-refractivity contribution < 1.29 is 28.2 Å². The maximum absolute atomic E-state index is 13.1. The van der Waals surface area contributed by atoms with E-state index in [1.165, 1.54) is 30.3 Å². The average Bonchev–Trinajstić information content (AvgIpc) is 2.56. The number of fused-ring (bicyclic) bond motifs is 1. The number of pyridine rings is 1. The van der Waals surface area contributed by atoms with Gasteiger partial charge in [0.1, 0.15) is 0 Å². The minimum atomic E-state index is -4.78. The van der Waals surface area contributed by atoms with Gasteiger partial charge in [0.2, 0.25) is 0 Å². The third-order valence-corrected chi connectivity index (χ3v) is 3.82. The van der Waals surface area contributed by atoms with Crippen LogP contribution in [0.4, 0.5) is 13.2 Å². The van der Waals surface area contributed by atoms with E-state index in [1.807, 2.05) is 0 Å². The van der Waals surface area contributed by atoms with Gasteiger partial charge in [-0.05, 0) is 23.8 Å². The van der Waals surface area contributed by atoms with E-state index < -0.39 is 23.6 Å². The number of benzene rings is 2. The molecule has 0 saturated heterocycles. The van der Waals surface area contributed by atoms with E-state index in [-0.39, 0.29) is 23.1 Å². The number of halogens is 3. The minimum absolute atomic E-state index is 0.0118. The van der Waals surface area contributed by atoms with E-state index in [1.54, 1.807) is 18.2 Å². The molecular weight excluding hydrogens is 335 g/mol. The van der Waals surface area contributed by atoms with E-state index >= 15 is 0 Å². The van der Waals surface area contributed by atoms with Gasteiger partial charge in [0.25, 0.3) is 0 Å². The summed E-state index contributed by atoms with van der Waals surface area (Å²) in [6.45, 7) is 0. The van der Waals surface area contributed by atoms with Crippen LogP contribution in [0.2, 0.25) is 0 Å². The number of aromatic carboxylic acids is 1. The van der Waals surface area contributed by atoms with Crippen LogP contribution in [0, 0.1) is 0 Å². The predicted octanol–water partition coefficient (Wildman–Crippen LogP) is 4.25. The summed E-state index contributed by atoms with van der Waals surface area (Å²) in [4.78, 5) is 14.4. The van der Waals surface area contributed by atoms with Crippen LogP contribution in [0.3, 0.4) is 0 Å². The second-order valence-corrected chi connectivity index (χ2v) is 5.48. The summed E-state index contributed by atoms with van der Waals surface area (Å²) >= 11 is 0. The highest BCUT2D eigenvalue weighted by atomic mass is 19.4. The second kappa shape index (κ2) is 6.08. The van der Waals surface area contributed by atoms with Crippen molar-refractivity contribution >= 4 is 16.9 Å². The Kier molecular flexibility index (Phi) is 4.08. The number of alkyl halides is 3. The summed E-state index contributed by atoms with van der Waals surface area (Å²) in [5.41, 5.74) is -0.456. The van der Waals surface area contributed by atoms with Gasteiger partial charge in [-0.25, -0.2) is 9.78 Å². The molecule has 0 atom stereocenters. The smallest absolute Gasteiger partial charge is 0.437 e. The summed E-state index contributed by atoms with van der Waals surface area (Å²) in [6.07, 6.45) is -4.77. The van der Waals surface area contributed by atoms with E-state index in [0.717, 1.165) is 0 Å². The van der Waals surface area contributed by atoms with Crippen molar-refractivity contribution in [3.63, 3.8) is 0 Å². The Balaban J connectivity index is 2.14. The molecule has 0 aliphatic rings. The van der Waals surface area contributed by atoms with Crippen molar-refractivity contribution in [1.82, 2.24) is 4.98 Å². The van der Waals surface area contributed by atoms with Crippen molar-refractivity contribution in [1.29, 1.82) is 0 Å². The van der Waals surface area contributed by atoms with Gasteiger partial charge in [-0.3, -0.25) is 0 Å². The molecule has 0 aliphatic heterocycles. The van der Waals surface area contributed by atoms with E-state index in [4.69, 9.17) is 5.11 Å². The van der Waals surface area contributed by atoms with Crippen LogP contribution in [-0.2, 0) is 12.6 Å². The Labute approximate surface area is 140 Å². The summed E-state index contributed by atoms with van der Waals surface area (Å²) in [5.74, 6) is -2.00. The molecule has 0 aliphatic carbocycles. The first-order valence-corrected chi connectivity index (χ1v) is 7.27. The minimum Gasteiger partial charge on any atom is -0.505 e. The number of carbonyl (C=O) groups is 1. The topological polar surface area (TPSA) is 70.4 Å². The van der Waals surface area contributed by atoms with Gasteiger partial charge < -0.3 is 10.2 Å². The number of carboxylic acids is 1. The Morgan fingerprint density at radius 1 is 1.04 bits per heavy atom. The number of rotatable bonds is 3. The van der Waals surface area contributed by atoms with Gasteiger partial charge in [-0.2, -0.15) is 13.2 Å². The lowest BCUT2D eigenvalue weighted by Gasteiger charge is -2.15. The van der Waals surface area contributed by atoms with Crippen LogP contribution in [0.1, 0.15) is 27.2 Å². The van der Waals surface area contributed by atoms with E-state index in [2.05, 4.69) is 4.98 Å². The van der Waals surface area contributed by atoms with Gasteiger partial charge in [0.15, 0.2) is 11.4 Å². The van der Waals surface area contributed by atoms with Crippen molar-refractivity contribution in [2.24, 2.45) is 0 Å². The first kappa shape index (κ1) is 16.8. The molecule has 0 spiro atoms. The van der Waals surface area contributed by atoms with E-state index in [0.29, 0.717) is 10.9 Å². The van der Waals surface area contributed by atoms with Crippen LogP contribution in [0.25, 0.3) is 10.9 Å². The molecule has 128 valence electrons. The van der Waals surface area contributed by atoms with Crippen molar-refractivity contribution in [2.75, 3.05) is 0 Å². The first-order chi connectivity index (χ1) is 11.8. The van der Waals surface area contributed by atoms with Crippen molar-refractivity contribution in [3.05, 3.63) is 70.9 Å². The van der Waals surface area contributed by atoms with Crippen molar-refractivity contribution in [3.8, 4) is 5.75 Å². The average molecular weight is 347 g/mol. The number of carboxylic acid groups (broad SMARTS) is 1. The quantitative estimate of drug-likeness (QED) is 0.743. The zero-order valence-electron chi connectivity index (χ0n) is 12.7. The lowest BCUT2D eigenvalue weighted by atomic mass is 9.98. The molecular formula is C18H12F3NO3. The first-order valence-electron chi connectivity index (χ1n) is 7.27. The Bertz CT molecular complexity index is 950. The number of aromatic hydroxyl groups is 1. The Morgan fingerprint density at radius 2 is 1.68 bits per heavy atom. The molecule has 0 radical (unpaired) electrons. The SMILES string of the molecule is O=C(O)c1ccc(Cc2c(O)c(C(F)(F)F)nc3ccccc23)cc1. The van der Waals surface area contributed by atoms with Crippen LogP contribution < -0.4 is 0 Å². The molecule has 2 N–H and O–H groups in total. The molecule has 7 heteroatoms. The molecule has 0 amide bonds. The maximum Gasteiger partial charge on any atom is 0.437 e. The largest absolute Gasteiger partial charge is 0.505 e. The van der Waals surface area contributed by atoms with Gasteiger partial charge in [0.05, 0.1) is 11.1 Å². The number of hydrogen-bond donors (Lipinski definition) is 2. The van der Waals surface area contributed by atoms with E-state index in [9.17, 15) is 23.1 Å². The fourth-order valence-electron chi connectivity index (χ4n) is 2.62. The highest BCUT2D eigenvalue weighted by molar-refractivity contribution is 5.88. The highest BCUT2D eigenvalue weighted by Gasteiger charge is 2.37. The van der Waals surface area contributed by atoms with Crippen LogP contribution in [-0.4, -0.2) is 21.2 Å². The molecule has 0 saturated carbocycles. The lowest BCUT2D eigenvalue weighted by Crippen LogP contribution is -2.10. The third kappa shape index (κ3) is 3.26. The van der Waals surface area contributed by atoms with Crippen LogP contribution in [0.15, 0.2) is 48.5 Å². The molecule has 0 bridgehead atoms. The van der Waals surface area contributed by atoms with Crippen LogP contribution in [0.5, 0.6) is 5.75 Å². The third-order valence-electron chi connectivity index (χ3n) is 3.82. The summed E-state index contributed by atoms with van der Waals surface area (Å²) in [6, 6.07) is 12.0. The van der Waals surface area contributed by atoms with Crippen molar-refractivity contribution in [2.45, 2.75) is 12.6 Å². The lowest BCUT2D eigenvalue weighted by molar-refractivity contribution is -0.142. The molecule has 0 unspecified atom stereocenters. The number of nitrogens with zero attached hydrogens (tertiary/aromatic N) is 1. The summed E-state index contributed by atoms with van der Waals surface area (Å²) in [7, 11) is 0. The molecule has 1 heterocycles. The molecule has 2 aromatic carbocycles. The molecule has 1 aromatic heterocycles. The van der Waals surface area contributed by atoms with Crippen LogP contribution >= 0.6 is 0 Å². The van der Waals surface area contributed by atoms with Gasteiger partial charge >= 0.3 is 12.1 Å². The zero-order valence-corrected chi connectivity index (χ0v) is 12.7. The Morgan fingerprint density at radius 3 is 2.28 bits per heavy atom. The number of para-hydroxylation sites is 1. The molecule has 3 aromatic rings. The zero-order chi connectivity index (χ0) is 18.2. The summed E-state index contributed by atoms with van der Waals surface area (Å²) < 4.78 is 39.4. The molecule has 25 heavy (non-hydrogen) atoms. The normalized spacial score (nSPS) is 11.6. The van der Waals surface area contributed by atoms with Gasteiger partial charge in [-0.1, -0.05) is 30.3 Å². The molecule has 3 rings (SSSR count). The number of aromatic nitrogens is 1. The van der Waals surface area contributed by atoms with Gasteiger partial charge in [-0.15, -0.1) is 0 Å². The van der Waals surface area contributed by atoms with Gasteiger partial charge in [0, 0.05) is 17.4 Å².